The van der Waals surface area contributed by atoms with Gasteiger partial charge in [-0.3, -0.25) is 4.31 Å². The van der Waals surface area contributed by atoms with Crippen molar-refractivity contribution in [1.29, 1.82) is 0 Å². The molecule has 1 aromatic heterocycles. The smallest absolute Gasteiger partial charge is 0.356 e. The number of aromatic nitrogens is 1. The van der Waals surface area contributed by atoms with Gasteiger partial charge in [-0.15, -0.1) is 0 Å². The zero-order valence-corrected chi connectivity index (χ0v) is 14.5. The normalized spacial score (nSPS) is 15.3. The zero-order chi connectivity index (χ0) is 17.6. The fraction of sp³-hybridized carbons (Fsp3) is 0.278. The summed E-state index contributed by atoms with van der Waals surface area (Å²) in [6.07, 6.45) is 3.35. The molecule has 6 nitrogen and oxygen atoms in total. The number of nitrogens with one attached hydrogen (secondary N) is 1. The first-order valence-electron chi connectivity index (χ1n) is 8.08. The maximum Gasteiger partial charge on any atom is 0.356 e. The molecule has 130 valence electrons. The second-order valence-corrected chi connectivity index (χ2v) is 6.20. The summed E-state index contributed by atoms with van der Waals surface area (Å²) in [5.74, 6) is -0.521. The molecule has 0 spiro atoms. The van der Waals surface area contributed by atoms with E-state index in [9.17, 15) is 9.59 Å². The van der Waals surface area contributed by atoms with Gasteiger partial charge in [-0.1, -0.05) is 43.1 Å². The van der Waals surface area contributed by atoms with Crippen LogP contribution in [-0.2, 0) is 11.2 Å². The molecule has 1 aliphatic carbocycles. The number of hydrogen-bond donors (Lipinski definition) is 2. The van der Waals surface area contributed by atoms with Crippen LogP contribution in [0.15, 0.2) is 48.7 Å². The summed E-state index contributed by atoms with van der Waals surface area (Å²) in [6, 6.07) is 12.8. The van der Waals surface area contributed by atoms with E-state index in [4.69, 9.17) is 4.74 Å². The highest BCUT2D eigenvalue weighted by molar-refractivity contribution is 7.78. The van der Waals surface area contributed by atoms with Crippen molar-refractivity contribution in [2.24, 2.45) is 0 Å². The third-order valence-corrected chi connectivity index (χ3v) is 4.46. The predicted molar refractivity (Wildman–Crippen MR) is 96.2 cm³/mol. The number of fused-ring (bicyclic) bond motifs is 1. The molecule has 1 aromatic carbocycles. The van der Waals surface area contributed by atoms with E-state index in [-0.39, 0.29) is 30.9 Å². The molecule has 0 bridgehead atoms. The lowest BCUT2D eigenvalue weighted by atomic mass is 10.1. The van der Waals surface area contributed by atoms with Crippen molar-refractivity contribution < 1.29 is 14.3 Å². The van der Waals surface area contributed by atoms with Crippen molar-refractivity contribution in [3.8, 4) is 0 Å². The minimum Gasteiger partial charge on any atom is -0.459 e. The molecule has 25 heavy (non-hydrogen) atoms. The van der Waals surface area contributed by atoms with E-state index in [1.54, 1.807) is 18.2 Å². The first-order chi connectivity index (χ1) is 12.1. The maximum atomic E-state index is 12.2. The van der Waals surface area contributed by atoms with Gasteiger partial charge >= 0.3 is 12.0 Å². The Morgan fingerprint density at radius 3 is 2.84 bits per heavy atom. The second-order valence-electron chi connectivity index (χ2n) is 5.71. The topological polar surface area (TPSA) is 71.5 Å². The van der Waals surface area contributed by atoms with Gasteiger partial charge < -0.3 is 10.1 Å². The lowest BCUT2D eigenvalue weighted by molar-refractivity contribution is 0.0489. The minimum atomic E-state index is -0.521. The number of esters is 1. The quantitative estimate of drug-likeness (QED) is 0.638. The Balaban J connectivity index is 1.45. The van der Waals surface area contributed by atoms with Gasteiger partial charge in [0.05, 0.1) is 12.6 Å². The Kier molecular flexibility index (Phi) is 5.55. The number of pyridine rings is 1. The van der Waals surface area contributed by atoms with Crippen LogP contribution >= 0.6 is 12.8 Å². The number of aryl methyl sites for hydroxylation is 1. The van der Waals surface area contributed by atoms with Gasteiger partial charge in [0.15, 0.2) is 0 Å². The van der Waals surface area contributed by atoms with Crippen LogP contribution in [0.2, 0.25) is 0 Å². The number of rotatable bonds is 5. The van der Waals surface area contributed by atoms with Crippen LogP contribution in [-0.4, -0.2) is 34.4 Å². The summed E-state index contributed by atoms with van der Waals surface area (Å²) in [4.78, 5) is 27.9. The Morgan fingerprint density at radius 2 is 2.04 bits per heavy atom. The fourth-order valence-electron chi connectivity index (χ4n) is 2.81. The Bertz CT molecular complexity index is 754. The van der Waals surface area contributed by atoms with Crippen LogP contribution in [0, 0.1) is 0 Å². The highest BCUT2D eigenvalue weighted by atomic mass is 32.1. The lowest BCUT2D eigenvalue weighted by Crippen LogP contribution is -2.37. The summed E-state index contributed by atoms with van der Waals surface area (Å²) in [5.41, 5.74) is 2.65. The molecule has 1 unspecified atom stereocenters. The number of hydrogen-bond acceptors (Lipinski definition) is 5. The van der Waals surface area contributed by atoms with Crippen LogP contribution in [0.1, 0.15) is 34.1 Å². The summed E-state index contributed by atoms with van der Waals surface area (Å²) in [6.45, 7) is 0.232. The van der Waals surface area contributed by atoms with Crippen LogP contribution in [0.5, 0.6) is 0 Å². The molecule has 0 saturated carbocycles. The van der Waals surface area contributed by atoms with Gasteiger partial charge in [0.1, 0.15) is 12.3 Å². The Labute approximate surface area is 151 Å². The molecule has 3 rings (SSSR count). The van der Waals surface area contributed by atoms with Crippen LogP contribution in [0.3, 0.4) is 0 Å². The maximum absolute atomic E-state index is 12.2. The first-order valence-corrected chi connectivity index (χ1v) is 8.48. The van der Waals surface area contributed by atoms with Crippen molar-refractivity contribution in [3.05, 3.63) is 65.5 Å². The largest absolute Gasteiger partial charge is 0.459 e. The number of nitrogens with zero attached hydrogens (tertiary/aromatic N) is 2. The molecular weight excluding hydrogens is 338 g/mol. The fourth-order valence-corrected chi connectivity index (χ4v) is 2.95. The van der Waals surface area contributed by atoms with E-state index in [1.165, 1.54) is 16.1 Å². The molecule has 1 N–H and O–H groups in total. The number of carbonyl (C=O) groups is 2. The lowest BCUT2D eigenvalue weighted by Gasteiger charge is -2.20. The molecule has 0 fully saturated rings. The van der Waals surface area contributed by atoms with Crippen LogP contribution in [0.4, 0.5) is 4.79 Å². The highest BCUT2D eigenvalue weighted by Gasteiger charge is 2.24. The van der Waals surface area contributed by atoms with Crippen molar-refractivity contribution >= 4 is 24.8 Å². The van der Waals surface area contributed by atoms with Gasteiger partial charge in [0.25, 0.3) is 0 Å². The first kappa shape index (κ1) is 17.3. The molecular formula is C18H19N3O3S. The van der Waals surface area contributed by atoms with Gasteiger partial charge in [-0.25, -0.2) is 14.6 Å². The number of urea groups is 1. The van der Waals surface area contributed by atoms with Crippen LogP contribution < -0.4 is 5.32 Å². The van der Waals surface area contributed by atoms with Gasteiger partial charge in [0.2, 0.25) is 0 Å². The zero-order valence-electron chi connectivity index (χ0n) is 13.6. The van der Waals surface area contributed by atoms with E-state index in [2.05, 4.69) is 29.2 Å². The number of ether oxygens (including phenoxy) is 1. The molecule has 7 heteroatoms. The van der Waals surface area contributed by atoms with E-state index >= 15 is 0 Å². The number of carbonyl (C=O) groups excluding carboxylic acids is 2. The van der Waals surface area contributed by atoms with E-state index < -0.39 is 5.97 Å². The van der Waals surface area contributed by atoms with Crippen molar-refractivity contribution in [2.45, 2.75) is 18.9 Å². The summed E-state index contributed by atoms with van der Waals surface area (Å²) in [7, 11) is 0. The summed E-state index contributed by atoms with van der Waals surface area (Å²) in [5, 5.41) is 2.96. The molecule has 2 amide bonds. The number of amides is 2. The van der Waals surface area contributed by atoms with Gasteiger partial charge in [-0.2, -0.15) is 0 Å². The van der Waals surface area contributed by atoms with Crippen molar-refractivity contribution in [2.75, 3.05) is 13.2 Å². The monoisotopic (exact) mass is 357 g/mol. The number of benzene rings is 1. The standard InChI is InChI=1S/C18H19N3O3S/c22-17(16-7-3-4-10-19-16)24-12-11-21(25)18(23)20-15-9-8-13-5-1-2-6-14(13)15/h1-7,10,15,25H,8-9,11-12H2,(H,20,23). The van der Waals surface area contributed by atoms with E-state index in [0.29, 0.717) is 0 Å². The van der Waals surface area contributed by atoms with Gasteiger partial charge in [0, 0.05) is 6.20 Å². The van der Waals surface area contributed by atoms with Gasteiger partial charge in [-0.05, 0) is 36.1 Å². The molecule has 0 aliphatic heterocycles. The molecule has 2 aromatic rings. The average Bonchev–Trinajstić information content (AvgIpc) is 3.05. The third-order valence-electron chi connectivity index (χ3n) is 4.08. The molecule has 0 radical (unpaired) electrons. The average molecular weight is 357 g/mol. The minimum absolute atomic E-state index is 0.00517. The molecule has 1 atom stereocenters. The van der Waals surface area contributed by atoms with Crippen LogP contribution in [0.25, 0.3) is 0 Å². The van der Waals surface area contributed by atoms with E-state index in [1.807, 2.05) is 18.2 Å². The summed E-state index contributed by atoms with van der Waals surface area (Å²) >= 11 is 4.17. The summed E-state index contributed by atoms with van der Waals surface area (Å²) < 4.78 is 6.32. The Hall–Kier alpha value is -2.54. The molecule has 1 heterocycles. The van der Waals surface area contributed by atoms with Crippen molar-refractivity contribution in [1.82, 2.24) is 14.6 Å². The Morgan fingerprint density at radius 1 is 1.24 bits per heavy atom. The van der Waals surface area contributed by atoms with Crippen molar-refractivity contribution in [3.63, 3.8) is 0 Å². The molecule has 1 aliphatic rings. The second kappa shape index (κ2) is 8.02. The third kappa shape index (κ3) is 4.30. The predicted octanol–water partition coefficient (Wildman–Crippen LogP) is 2.78. The molecule has 0 saturated heterocycles. The SMILES string of the molecule is O=C(OCCN(S)C(=O)NC1CCc2ccccc21)c1ccccn1. The highest BCUT2D eigenvalue weighted by Crippen LogP contribution is 2.30. The van der Waals surface area contributed by atoms with E-state index in [0.717, 1.165) is 18.4 Å². The number of thiol groups is 1.